The van der Waals surface area contributed by atoms with Gasteiger partial charge in [-0.1, -0.05) is 6.42 Å². The van der Waals surface area contributed by atoms with E-state index in [2.05, 4.69) is 9.88 Å². The molecule has 6 nitrogen and oxygen atoms in total. The lowest BCUT2D eigenvalue weighted by molar-refractivity contribution is -0.384. The molecule has 1 aromatic heterocycles. The average molecular weight is 248 g/mol. The minimum atomic E-state index is -0.418. The molecular weight excluding hydrogens is 232 g/mol. The van der Waals surface area contributed by atoms with Crippen LogP contribution in [-0.2, 0) is 0 Å². The Labute approximate surface area is 105 Å². The van der Waals surface area contributed by atoms with E-state index < -0.39 is 4.92 Å². The molecule has 1 aliphatic carbocycles. The van der Waals surface area contributed by atoms with Crippen LogP contribution in [0.25, 0.3) is 0 Å². The molecule has 18 heavy (non-hydrogen) atoms. The van der Waals surface area contributed by atoms with Crippen LogP contribution in [-0.4, -0.2) is 23.0 Å². The van der Waals surface area contributed by atoms with E-state index in [-0.39, 0.29) is 11.5 Å². The average Bonchev–Trinajstić information content (AvgIpc) is 2.87. The van der Waals surface area contributed by atoms with E-state index in [0.29, 0.717) is 5.82 Å². The van der Waals surface area contributed by atoms with Crippen molar-refractivity contribution >= 4 is 17.3 Å². The molecular formula is C12H16N4O2. The van der Waals surface area contributed by atoms with Gasteiger partial charge in [-0.15, -0.1) is 0 Å². The molecule has 1 saturated carbocycles. The monoisotopic (exact) mass is 248 g/mol. The van der Waals surface area contributed by atoms with Gasteiger partial charge in [-0.3, -0.25) is 10.1 Å². The summed E-state index contributed by atoms with van der Waals surface area (Å²) in [4.78, 5) is 16.8. The molecule has 0 radical (unpaired) electrons. The number of nitrogens with zero attached hydrogens (tertiary/aromatic N) is 3. The highest BCUT2D eigenvalue weighted by Gasteiger charge is 2.36. The number of aromatic nitrogens is 1. The molecule has 2 N–H and O–H groups in total. The van der Waals surface area contributed by atoms with E-state index in [1.54, 1.807) is 0 Å². The fourth-order valence-electron chi connectivity index (χ4n) is 3.21. The van der Waals surface area contributed by atoms with Crippen LogP contribution in [0.3, 0.4) is 0 Å². The van der Waals surface area contributed by atoms with Gasteiger partial charge in [0.25, 0.3) is 5.69 Å². The number of nitro groups is 1. The van der Waals surface area contributed by atoms with Crippen LogP contribution in [0.2, 0.25) is 0 Å². The lowest BCUT2D eigenvalue weighted by Crippen LogP contribution is -2.22. The van der Waals surface area contributed by atoms with Crippen molar-refractivity contribution in [2.45, 2.75) is 19.3 Å². The Kier molecular flexibility index (Phi) is 2.57. The molecule has 2 atom stereocenters. The van der Waals surface area contributed by atoms with Crippen molar-refractivity contribution in [2.75, 3.05) is 23.7 Å². The zero-order valence-corrected chi connectivity index (χ0v) is 10.1. The lowest BCUT2D eigenvalue weighted by atomic mass is 10.0. The van der Waals surface area contributed by atoms with Gasteiger partial charge in [-0.2, -0.15) is 0 Å². The lowest BCUT2D eigenvalue weighted by Gasteiger charge is -2.18. The number of pyridine rings is 1. The van der Waals surface area contributed by atoms with Crippen molar-refractivity contribution in [3.63, 3.8) is 0 Å². The Morgan fingerprint density at radius 3 is 2.61 bits per heavy atom. The summed E-state index contributed by atoms with van der Waals surface area (Å²) in [7, 11) is 0. The summed E-state index contributed by atoms with van der Waals surface area (Å²) < 4.78 is 0. The zero-order valence-electron chi connectivity index (χ0n) is 10.1. The maximum absolute atomic E-state index is 10.8. The second-order valence-corrected chi connectivity index (χ2v) is 5.22. The van der Waals surface area contributed by atoms with E-state index in [0.717, 1.165) is 24.9 Å². The summed E-state index contributed by atoms with van der Waals surface area (Å²) in [6.45, 7) is 1.91. The molecule has 1 saturated heterocycles. The Morgan fingerprint density at radius 2 is 2.00 bits per heavy atom. The van der Waals surface area contributed by atoms with Gasteiger partial charge in [-0.25, -0.2) is 4.98 Å². The highest BCUT2D eigenvalue weighted by atomic mass is 16.6. The van der Waals surface area contributed by atoms with Crippen LogP contribution in [0.1, 0.15) is 19.3 Å². The number of hydrogen-bond acceptors (Lipinski definition) is 5. The number of nitrogens with two attached hydrogens (primary N) is 1. The molecule has 2 aliphatic rings. The maximum Gasteiger partial charge on any atom is 0.276 e. The van der Waals surface area contributed by atoms with Gasteiger partial charge in [-0.05, 0) is 24.7 Å². The first-order chi connectivity index (χ1) is 8.63. The summed E-state index contributed by atoms with van der Waals surface area (Å²) in [6.07, 6.45) is 3.85. The van der Waals surface area contributed by atoms with Gasteiger partial charge in [0.1, 0.15) is 11.6 Å². The van der Waals surface area contributed by atoms with Crippen molar-refractivity contribution in [1.29, 1.82) is 0 Å². The number of anilines is 2. The molecule has 0 spiro atoms. The Morgan fingerprint density at radius 1 is 1.33 bits per heavy atom. The minimum absolute atomic E-state index is 0.0227. The third-order valence-electron chi connectivity index (χ3n) is 4.08. The Hall–Kier alpha value is -1.85. The predicted octanol–water partition coefficient (Wildman–Crippen LogP) is 1.81. The highest BCUT2D eigenvalue weighted by molar-refractivity contribution is 5.54. The van der Waals surface area contributed by atoms with Crippen LogP contribution >= 0.6 is 0 Å². The van der Waals surface area contributed by atoms with Gasteiger partial charge >= 0.3 is 0 Å². The fraction of sp³-hybridized carbons (Fsp3) is 0.583. The summed E-state index contributed by atoms with van der Waals surface area (Å²) in [5, 5.41) is 10.8. The quantitative estimate of drug-likeness (QED) is 0.637. The van der Waals surface area contributed by atoms with Crippen LogP contribution in [0.4, 0.5) is 17.3 Å². The second kappa shape index (κ2) is 4.12. The molecule has 2 heterocycles. The van der Waals surface area contributed by atoms with Crippen molar-refractivity contribution in [3.8, 4) is 0 Å². The largest absolute Gasteiger partial charge is 0.383 e. The van der Waals surface area contributed by atoms with Gasteiger partial charge in [0, 0.05) is 13.1 Å². The van der Waals surface area contributed by atoms with Crippen LogP contribution in [0.15, 0.2) is 12.1 Å². The summed E-state index contributed by atoms with van der Waals surface area (Å²) in [5.41, 5.74) is 5.66. The van der Waals surface area contributed by atoms with Gasteiger partial charge in [0.15, 0.2) is 0 Å². The smallest absolute Gasteiger partial charge is 0.276 e. The van der Waals surface area contributed by atoms with Gasteiger partial charge < -0.3 is 10.6 Å². The van der Waals surface area contributed by atoms with Gasteiger partial charge in [0.05, 0.1) is 17.1 Å². The van der Waals surface area contributed by atoms with Crippen molar-refractivity contribution in [2.24, 2.45) is 11.8 Å². The molecule has 3 rings (SSSR count). The number of hydrogen-bond donors (Lipinski definition) is 1. The van der Waals surface area contributed by atoms with Gasteiger partial charge in [0.2, 0.25) is 0 Å². The Balaban J connectivity index is 1.86. The van der Waals surface area contributed by atoms with E-state index in [1.807, 2.05) is 0 Å². The minimum Gasteiger partial charge on any atom is -0.383 e. The van der Waals surface area contributed by atoms with E-state index in [4.69, 9.17) is 5.73 Å². The van der Waals surface area contributed by atoms with Crippen molar-refractivity contribution in [3.05, 3.63) is 22.2 Å². The first-order valence-electron chi connectivity index (χ1n) is 6.30. The van der Waals surface area contributed by atoms with Crippen LogP contribution < -0.4 is 10.6 Å². The van der Waals surface area contributed by atoms with Crippen LogP contribution in [0, 0.1) is 22.0 Å². The van der Waals surface area contributed by atoms with E-state index in [1.165, 1.54) is 31.4 Å². The Bertz CT molecular complexity index is 479. The SMILES string of the molecule is Nc1cc([N+](=O)[O-])cc(N2CC3CCCC3C2)n1. The van der Waals surface area contributed by atoms with Crippen molar-refractivity contribution < 1.29 is 4.92 Å². The summed E-state index contributed by atoms with van der Waals surface area (Å²) >= 11 is 0. The number of rotatable bonds is 2. The molecule has 6 heteroatoms. The molecule has 2 unspecified atom stereocenters. The fourth-order valence-corrected chi connectivity index (χ4v) is 3.21. The first kappa shape index (κ1) is 11.3. The molecule has 0 amide bonds. The molecule has 2 fully saturated rings. The molecule has 1 aromatic rings. The summed E-state index contributed by atoms with van der Waals surface area (Å²) in [5.74, 6) is 2.33. The van der Waals surface area contributed by atoms with Crippen LogP contribution in [0.5, 0.6) is 0 Å². The normalized spacial score (nSPS) is 26.3. The van der Waals surface area contributed by atoms with E-state index in [9.17, 15) is 10.1 Å². The molecule has 1 aliphatic heterocycles. The predicted molar refractivity (Wildman–Crippen MR) is 68.3 cm³/mol. The number of fused-ring (bicyclic) bond motifs is 1. The molecule has 0 bridgehead atoms. The second-order valence-electron chi connectivity index (χ2n) is 5.22. The third-order valence-corrected chi connectivity index (χ3v) is 4.08. The van der Waals surface area contributed by atoms with Crippen molar-refractivity contribution in [1.82, 2.24) is 4.98 Å². The maximum atomic E-state index is 10.8. The highest BCUT2D eigenvalue weighted by Crippen LogP contribution is 2.39. The third kappa shape index (κ3) is 1.87. The topological polar surface area (TPSA) is 85.3 Å². The van der Waals surface area contributed by atoms with E-state index >= 15 is 0 Å². The first-order valence-corrected chi connectivity index (χ1v) is 6.30. The standard InChI is InChI=1S/C12H16N4O2/c13-11-4-10(16(17)18)5-12(14-11)15-6-8-2-1-3-9(8)7-15/h4-5,8-9H,1-3,6-7H2,(H2,13,14). The molecule has 0 aromatic carbocycles. The number of nitrogen functional groups attached to an aromatic ring is 1. The molecule has 96 valence electrons. The zero-order chi connectivity index (χ0) is 12.7. The summed E-state index contributed by atoms with van der Waals surface area (Å²) in [6, 6.07) is 2.83.